The first-order valence-corrected chi connectivity index (χ1v) is 7.95. The van der Waals surface area contributed by atoms with Crippen molar-refractivity contribution < 1.29 is 9.90 Å². The van der Waals surface area contributed by atoms with Gasteiger partial charge in [0.05, 0.1) is 12.3 Å². The second kappa shape index (κ2) is 6.87. The predicted octanol–water partition coefficient (Wildman–Crippen LogP) is 2.42. The average molecular weight is 307 g/mol. The van der Waals surface area contributed by atoms with Crippen molar-refractivity contribution >= 4 is 33.1 Å². The lowest BCUT2D eigenvalue weighted by Crippen LogP contribution is -2.34. The zero-order valence-electron chi connectivity index (χ0n) is 12.4. The van der Waals surface area contributed by atoms with Gasteiger partial charge in [0.25, 0.3) is 5.91 Å². The van der Waals surface area contributed by atoms with Crippen LogP contribution < -0.4 is 5.73 Å². The van der Waals surface area contributed by atoms with Crippen LogP contribution in [-0.2, 0) is 0 Å². The van der Waals surface area contributed by atoms with E-state index in [4.69, 9.17) is 10.8 Å². The average Bonchev–Trinajstić information content (AvgIpc) is 2.81. The van der Waals surface area contributed by atoms with E-state index in [9.17, 15) is 4.79 Å². The predicted molar refractivity (Wildman–Crippen MR) is 86.7 cm³/mol. The van der Waals surface area contributed by atoms with Gasteiger partial charge in [0.2, 0.25) is 0 Å². The number of hydrogen-bond donors (Lipinski definition) is 2. The summed E-state index contributed by atoms with van der Waals surface area (Å²) in [6.07, 6.45) is 3.63. The van der Waals surface area contributed by atoms with Crippen LogP contribution in [-0.4, -0.2) is 40.6 Å². The molecule has 21 heavy (non-hydrogen) atoms. The minimum absolute atomic E-state index is 0.0441. The van der Waals surface area contributed by atoms with E-state index in [0.29, 0.717) is 23.7 Å². The summed E-state index contributed by atoms with van der Waals surface area (Å²) in [6.45, 7) is 4.96. The number of fused-ring (bicyclic) bond motifs is 1. The lowest BCUT2D eigenvalue weighted by molar-refractivity contribution is 0.0725. The number of rotatable bonds is 6. The molecule has 5 nitrogen and oxygen atoms in total. The number of amides is 1. The van der Waals surface area contributed by atoms with E-state index in [-0.39, 0.29) is 12.5 Å². The largest absolute Gasteiger partial charge is 0.397 e. The first kappa shape index (κ1) is 15.7. The molecule has 0 radical (unpaired) electrons. The van der Waals surface area contributed by atoms with Crippen molar-refractivity contribution in [1.82, 2.24) is 9.88 Å². The second-order valence-electron chi connectivity index (χ2n) is 5.02. The minimum Gasteiger partial charge on any atom is -0.397 e. The van der Waals surface area contributed by atoms with Gasteiger partial charge in [0, 0.05) is 24.7 Å². The van der Waals surface area contributed by atoms with Crippen molar-refractivity contribution in [3.63, 3.8) is 0 Å². The summed E-state index contributed by atoms with van der Waals surface area (Å²) in [5.41, 5.74) is 7.69. The van der Waals surface area contributed by atoms with Gasteiger partial charge in [-0.25, -0.2) is 4.98 Å². The highest BCUT2D eigenvalue weighted by Crippen LogP contribution is 2.35. The fraction of sp³-hybridized carbons (Fsp3) is 0.467. The normalized spacial score (nSPS) is 11.0. The van der Waals surface area contributed by atoms with E-state index in [0.717, 1.165) is 28.6 Å². The Morgan fingerprint density at radius 3 is 2.86 bits per heavy atom. The molecule has 0 saturated carbocycles. The Labute approximate surface area is 128 Å². The molecule has 0 bridgehead atoms. The number of carbonyl (C=O) groups excluding carboxylic acids is 1. The smallest absolute Gasteiger partial charge is 0.266 e. The molecule has 2 rings (SSSR count). The van der Waals surface area contributed by atoms with E-state index in [1.165, 1.54) is 11.3 Å². The molecule has 0 unspecified atom stereocenters. The number of unbranched alkanes of at least 4 members (excludes halogenated alkanes) is 1. The Morgan fingerprint density at radius 2 is 2.24 bits per heavy atom. The molecule has 0 aromatic carbocycles. The molecule has 0 saturated heterocycles. The minimum atomic E-state index is -0.114. The highest BCUT2D eigenvalue weighted by atomic mass is 32.1. The Bertz CT molecular complexity index is 639. The number of nitrogens with zero attached hydrogens (tertiary/aromatic N) is 2. The summed E-state index contributed by atoms with van der Waals surface area (Å²) in [7, 11) is 0. The summed E-state index contributed by atoms with van der Waals surface area (Å²) in [5.74, 6) is -0.114. The van der Waals surface area contributed by atoms with Gasteiger partial charge in [-0.1, -0.05) is 13.3 Å². The second-order valence-corrected chi connectivity index (χ2v) is 6.02. The van der Waals surface area contributed by atoms with Crippen LogP contribution in [0.15, 0.2) is 12.3 Å². The maximum atomic E-state index is 12.7. The molecular weight excluding hydrogens is 286 g/mol. The molecule has 0 aliphatic carbocycles. The van der Waals surface area contributed by atoms with Crippen LogP contribution in [0.1, 0.15) is 35.0 Å². The quantitative estimate of drug-likeness (QED) is 0.859. The van der Waals surface area contributed by atoms with Crippen LogP contribution in [0.2, 0.25) is 0 Å². The summed E-state index contributed by atoms with van der Waals surface area (Å²) < 4.78 is 0. The summed E-state index contributed by atoms with van der Waals surface area (Å²) in [4.78, 5) is 19.9. The lowest BCUT2D eigenvalue weighted by Gasteiger charge is -2.21. The van der Waals surface area contributed by atoms with Crippen molar-refractivity contribution in [3.8, 4) is 0 Å². The first-order valence-electron chi connectivity index (χ1n) is 7.13. The number of nitrogen functional groups attached to an aromatic ring is 1. The van der Waals surface area contributed by atoms with Crippen LogP contribution in [0.4, 0.5) is 5.69 Å². The van der Waals surface area contributed by atoms with Crippen LogP contribution in [0, 0.1) is 6.92 Å². The number of aliphatic hydroxyl groups is 1. The van der Waals surface area contributed by atoms with Crippen LogP contribution >= 0.6 is 11.3 Å². The molecule has 114 valence electrons. The Morgan fingerprint density at radius 1 is 1.48 bits per heavy atom. The highest BCUT2D eigenvalue weighted by Gasteiger charge is 2.22. The lowest BCUT2D eigenvalue weighted by atomic mass is 10.1. The topological polar surface area (TPSA) is 79.5 Å². The number of pyridine rings is 1. The third-order valence-electron chi connectivity index (χ3n) is 3.47. The van der Waals surface area contributed by atoms with E-state index in [1.807, 2.05) is 13.0 Å². The molecule has 0 spiro atoms. The maximum absolute atomic E-state index is 12.7. The molecule has 0 atom stereocenters. The molecule has 1 amide bonds. The third kappa shape index (κ3) is 3.16. The molecule has 0 aliphatic heterocycles. The van der Waals surface area contributed by atoms with Crippen molar-refractivity contribution in [2.45, 2.75) is 26.7 Å². The van der Waals surface area contributed by atoms with E-state index >= 15 is 0 Å². The number of aromatic nitrogens is 1. The van der Waals surface area contributed by atoms with E-state index < -0.39 is 0 Å². The summed E-state index contributed by atoms with van der Waals surface area (Å²) in [6, 6.07) is 1.89. The fourth-order valence-electron chi connectivity index (χ4n) is 2.29. The van der Waals surface area contributed by atoms with Crippen molar-refractivity contribution in [2.24, 2.45) is 0 Å². The summed E-state index contributed by atoms with van der Waals surface area (Å²) in [5, 5.41) is 10.0. The van der Waals surface area contributed by atoms with Crippen LogP contribution in [0.25, 0.3) is 10.2 Å². The number of anilines is 1. The monoisotopic (exact) mass is 307 g/mol. The first-order chi connectivity index (χ1) is 10.1. The third-order valence-corrected chi connectivity index (χ3v) is 4.57. The Hall–Kier alpha value is -1.66. The summed E-state index contributed by atoms with van der Waals surface area (Å²) >= 11 is 1.32. The van der Waals surface area contributed by atoms with Gasteiger partial charge >= 0.3 is 0 Å². The van der Waals surface area contributed by atoms with Crippen molar-refractivity contribution in [2.75, 3.05) is 25.4 Å². The molecule has 2 aromatic heterocycles. The molecule has 0 aliphatic rings. The van der Waals surface area contributed by atoms with Gasteiger partial charge in [-0.3, -0.25) is 4.79 Å². The van der Waals surface area contributed by atoms with Gasteiger partial charge in [-0.2, -0.15) is 0 Å². The molecule has 3 N–H and O–H groups in total. The number of thiophene rings is 1. The van der Waals surface area contributed by atoms with Gasteiger partial charge in [0.15, 0.2) is 0 Å². The van der Waals surface area contributed by atoms with Crippen LogP contribution in [0.3, 0.4) is 0 Å². The number of aryl methyl sites for hydroxylation is 1. The number of hydrogen-bond acceptors (Lipinski definition) is 5. The van der Waals surface area contributed by atoms with Crippen molar-refractivity contribution in [1.29, 1.82) is 0 Å². The zero-order valence-corrected chi connectivity index (χ0v) is 13.2. The van der Waals surface area contributed by atoms with Crippen molar-refractivity contribution in [3.05, 3.63) is 22.7 Å². The molecule has 6 heteroatoms. The standard InChI is InChI=1S/C15H21N3O2S/c1-3-4-7-18(8-9-19)15(20)13-12(16)11-10(2)5-6-17-14(11)21-13/h5-6,19H,3-4,7-9,16H2,1-2H3. The molecule has 2 heterocycles. The highest BCUT2D eigenvalue weighted by molar-refractivity contribution is 7.21. The molecular formula is C15H21N3O2S. The molecule has 0 fully saturated rings. The van der Waals surface area contributed by atoms with Gasteiger partial charge < -0.3 is 15.7 Å². The number of carbonyl (C=O) groups is 1. The fourth-order valence-corrected chi connectivity index (χ4v) is 3.40. The van der Waals surface area contributed by atoms with Gasteiger partial charge in [-0.15, -0.1) is 11.3 Å². The van der Waals surface area contributed by atoms with E-state index in [2.05, 4.69) is 11.9 Å². The van der Waals surface area contributed by atoms with Gasteiger partial charge in [0.1, 0.15) is 9.71 Å². The van der Waals surface area contributed by atoms with Gasteiger partial charge in [-0.05, 0) is 25.0 Å². The van der Waals surface area contributed by atoms with E-state index in [1.54, 1.807) is 11.1 Å². The number of aliphatic hydroxyl groups excluding tert-OH is 1. The SMILES string of the molecule is CCCCN(CCO)C(=O)c1sc2nccc(C)c2c1N. The maximum Gasteiger partial charge on any atom is 0.266 e. The number of nitrogens with two attached hydrogens (primary N) is 1. The van der Waals surface area contributed by atoms with Crippen LogP contribution in [0.5, 0.6) is 0 Å². The Balaban J connectivity index is 2.37. The molecule has 2 aromatic rings. The Kier molecular flexibility index (Phi) is 5.14. The zero-order chi connectivity index (χ0) is 15.4.